The van der Waals surface area contributed by atoms with Crippen LogP contribution >= 0.6 is 23.2 Å². The molecule has 6 heteroatoms. The monoisotopic (exact) mass is 301 g/mol. The smallest absolute Gasteiger partial charge is 0.306 e. The van der Waals surface area contributed by atoms with E-state index in [1.807, 2.05) is 0 Å². The molecule has 1 unspecified atom stereocenters. The van der Waals surface area contributed by atoms with Crippen molar-refractivity contribution in [3.63, 3.8) is 0 Å². The van der Waals surface area contributed by atoms with Crippen LogP contribution in [-0.2, 0) is 4.79 Å². The predicted molar refractivity (Wildman–Crippen MR) is 72.7 cm³/mol. The summed E-state index contributed by atoms with van der Waals surface area (Å²) < 4.78 is 0. The van der Waals surface area contributed by atoms with E-state index in [0.29, 0.717) is 28.7 Å². The summed E-state index contributed by atoms with van der Waals surface area (Å²) >= 11 is 11.7. The molecule has 0 spiro atoms. The van der Waals surface area contributed by atoms with Gasteiger partial charge in [-0.15, -0.1) is 0 Å². The molecule has 19 heavy (non-hydrogen) atoms. The van der Waals surface area contributed by atoms with Gasteiger partial charge in [0.2, 0.25) is 0 Å². The van der Waals surface area contributed by atoms with Crippen molar-refractivity contribution in [3.05, 3.63) is 33.8 Å². The molecule has 1 heterocycles. The maximum absolute atomic E-state index is 12.1. The molecule has 0 saturated carbocycles. The van der Waals surface area contributed by atoms with Crippen LogP contribution in [0.2, 0.25) is 10.0 Å². The predicted octanol–water partition coefficient (Wildman–Crippen LogP) is 2.79. The maximum Gasteiger partial charge on any atom is 0.306 e. The number of carbonyl (C=O) groups is 2. The first-order chi connectivity index (χ1) is 8.90. The topological polar surface area (TPSA) is 57.6 Å². The molecular formula is C13H13Cl2NO3. The Kier molecular flexibility index (Phi) is 4.02. The first-order valence-corrected chi connectivity index (χ1v) is 6.63. The molecule has 1 amide bonds. The molecule has 1 atom stereocenters. The summed E-state index contributed by atoms with van der Waals surface area (Å²) in [5, 5.41) is 9.68. The zero-order valence-electron chi connectivity index (χ0n) is 10.3. The Morgan fingerprint density at radius 3 is 2.53 bits per heavy atom. The van der Waals surface area contributed by atoms with Crippen LogP contribution in [0.5, 0.6) is 0 Å². The van der Waals surface area contributed by atoms with Crippen LogP contribution in [0.15, 0.2) is 18.2 Å². The summed E-state index contributed by atoms with van der Waals surface area (Å²) in [5.74, 6) is -1.45. The highest BCUT2D eigenvalue weighted by Crippen LogP contribution is 2.28. The number of nitrogens with zero attached hydrogens (tertiary/aromatic N) is 1. The van der Waals surface area contributed by atoms with E-state index in [9.17, 15) is 9.59 Å². The first kappa shape index (κ1) is 14.2. The second-order valence-electron chi connectivity index (χ2n) is 4.72. The molecule has 2 rings (SSSR count). The van der Waals surface area contributed by atoms with E-state index in [1.54, 1.807) is 24.0 Å². The van der Waals surface area contributed by atoms with Crippen molar-refractivity contribution in [1.29, 1.82) is 0 Å². The summed E-state index contributed by atoms with van der Waals surface area (Å²) in [4.78, 5) is 24.6. The maximum atomic E-state index is 12.1. The number of likely N-dealkylation sites (tertiary alicyclic amines) is 1. The van der Waals surface area contributed by atoms with Crippen molar-refractivity contribution in [2.45, 2.75) is 6.92 Å². The Morgan fingerprint density at radius 1 is 1.37 bits per heavy atom. The van der Waals surface area contributed by atoms with Crippen LogP contribution < -0.4 is 0 Å². The molecule has 1 aromatic carbocycles. The van der Waals surface area contributed by atoms with Crippen molar-refractivity contribution in [2.24, 2.45) is 11.8 Å². The average Bonchev–Trinajstić information content (AvgIpc) is 2.26. The number of amides is 1. The number of carboxylic acids is 1. The van der Waals surface area contributed by atoms with Crippen LogP contribution in [0.25, 0.3) is 0 Å². The highest BCUT2D eigenvalue weighted by Gasteiger charge is 2.37. The minimum atomic E-state index is -0.832. The van der Waals surface area contributed by atoms with Crippen molar-refractivity contribution < 1.29 is 14.7 Å². The van der Waals surface area contributed by atoms with Crippen molar-refractivity contribution in [2.75, 3.05) is 13.1 Å². The van der Waals surface area contributed by atoms with Gasteiger partial charge in [-0.05, 0) is 18.2 Å². The summed E-state index contributed by atoms with van der Waals surface area (Å²) in [5.41, 5.74) is 0.396. The molecule has 1 aliphatic rings. The number of carbonyl (C=O) groups excluding carboxylic acids is 1. The second kappa shape index (κ2) is 5.39. The molecule has 0 aliphatic carbocycles. The molecular weight excluding hydrogens is 289 g/mol. The van der Waals surface area contributed by atoms with Crippen molar-refractivity contribution in [1.82, 2.24) is 4.90 Å². The fourth-order valence-electron chi connectivity index (χ4n) is 2.03. The SMILES string of the molecule is CC(C(=O)O)C1CN(C(=O)c2ccc(Cl)cc2Cl)C1. The first-order valence-electron chi connectivity index (χ1n) is 5.87. The zero-order valence-corrected chi connectivity index (χ0v) is 11.8. The Labute approximate surface area is 120 Å². The van der Waals surface area contributed by atoms with Gasteiger partial charge >= 0.3 is 5.97 Å². The van der Waals surface area contributed by atoms with E-state index in [4.69, 9.17) is 28.3 Å². The third kappa shape index (κ3) is 2.85. The summed E-state index contributed by atoms with van der Waals surface area (Å²) in [6, 6.07) is 4.71. The molecule has 1 aliphatic heterocycles. The van der Waals surface area contributed by atoms with Crippen LogP contribution in [0.1, 0.15) is 17.3 Å². The number of carboxylic acid groups (broad SMARTS) is 1. The third-order valence-corrected chi connectivity index (χ3v) is 4.00. The summed E-state index contributed by atoms with van der Waals surface area (Å²) in [7, 11) is 0. The number of aliphatic carboxylic acids is 1. The molecule has 102 valence electrons. The van der Waals surface area contributed by atoms with Gasteiger partial charge < -0.3 is 10.0 Å². The normalized spacial score (nSPS) is 16.9. The van der Waals surface area contributed by atoms with Gasteiger partial charge in [0, 0.05) is 24.0 Å². The van der Waals surface area contributed by atoms with Gasteiger partial charge in [0.1, 0.15) is 0 Å². The van der Waals surface area contributed by atoms with Gasteiger partial charge in [0.25, 0.3) is 5.91 Å². The minimum Gasteiger partial charge on any atom is -0.481 e. The summed E-state index contributed by atoms with van der Waals surface area (Å²) in [6.07, 6.45) is 0. The highest BCUT2D eigenvalue weighted by atomic mass is 35.5. The molecule has 1 saturated heterocycles. The molecule has 1 fully saturated rings. The van der Waals surface area contributed by atoms with Crippen LogP contribution in [0.3, 0.4) is 0 Å². The van der Waals surface area contributed by atoms with E-state index in [-0.39, 0.29) is 11.8 Å². The quantitative estimate of drug-likeness (QED) is 0.934. The molecule has 1 aromatic rings. The average molecular weight is 302 g/mol. The fourth-order valence-corrected chi connectivity index (χ4v) is 2.52. The Morgan fingerprint density at radius 2 is 2.00 bits per heavy atom. The number of hydrogen-bond acceptors (Lipinski definition) is 2. The van der Waals surface area contributed by atoms with Crippen LogP contribution in [0, 0.1) is 11.8 Å². The van der Waals surface area contributed by atoms with E-state index >= 15 is 0 Å². The lowest BCUT2D eigenvalue weighted by Gasteiger charge is -2.41. The van der Waals surface area contributed by atoms with Crippen LogP contribution in [0.4, 0.5) is 0 Å². The number of rotatable bonds is 3. The second-order valence-corrected chi connectivity index (χ2v) is 5.56. The largest absolute Gasteiger partial charge is 0.481 e. The Bertz CT molecular complexity index is 527. The van der Waals surface area contributed by atoms with Gasteiger partial charge in [-0.25, -0.2) is 0 Å². The number of benzene rings is 1. The van der Waals surface area contributed by atoms with Crippen molar-refractivity contribution >= 4 is 35.1 Å². The number of hydrogen-bond donors (Lipinski definition) is 1. The zero-order chi connectivity index (χ0) is 14.2. The van der Waals surface area contributed by atoms with E-state index in [1.165, 1.54) is 6.07 Å². The molecule has 0 aromatic heterocycles. The third-order valence-electron chi connectivity index (χ3n) is 3.46. The lowest BCUT2D eigenvalue weighted by atomic mass is 9.86. The molecule has 1 N–H and O–H groups in total. The molecule has 4 nitrogen and oxygen atoms in total. The standard InChI is InChI=1S/C13H13Cl2NO3/c1-7(13(18)19)8-5-16(6-8)12(17)10-3-2-9(14)4-11(10)15/h2-4,7-8H,5-6H2,1H3,(H,18,19). The van der Waals surface area contributed by atoms with E-state index in [2.05, 4.69) is 0 Å². The van der Waals surface area contributed by atoms with Gasteiger partial charge in [-0.3, -0.25) is 9.59 Å². The highest BCUT2D eigenvalue weighted by molar-refractivity contribution is 6.36. The van der Waals surface area contributed by atoms with Gasteiger partial charge in [0.05, 0.1) is 16.5 Å². The van der Waals surface area contributed by atoms with Gasteiger partial charge in [0.15, 0.2) is 0 Å². The van der Waals surface area contributed by atoms with Crippen LogP contribution in [-0.4, -0.2) is 35.0 Å². The lowest BCUT2D eigenvalue weighted by Crippen LogP contribution is -2.53. The number of halogens is 2. The molecule has 0 bridgehead atoms. The summed E-state index contributed by atoms with van der Waals surface area (Å²) in [6.45, 7) is 2.56. The fraction of sp³-hybridized carbons (Fsp3) is 0.385. The Hall–Kier alpha value is -1.26. The molecule has 0 radical (unpaired) electrons. The lowest BCUT2D eigenvalue weighted by molar-refractivity contribution is -0.144. The Balaban J connectivity index is 2.02. The minimum absolute atomic E-state index is 0.00697. The van der Waals surface area contributed by atoms with E-state index in [0.717, 1.165) is 0 Å². The van der Waals surface area contributed by atoms with Gasteiger partial charge in [-0.2, -0.15) is 0 Å². The van der Waals surface area contributed by atoms with E-state index < -0.39 is 11.9 Å². The van der Waals surface area contributed by atoms with Gasteiger partial charge in [-0.1, -0.05) is 30.1 Å². The van der Waals surface area contributed by atoms with Crippen molar-refractivity contribution in [3.8, 4) is 0 Å².